The molecule has 0 amide bonds. The molecule has 1 aromatic carbocycles. The molecule has 4 atom stereocenters. The smallest absolute Gasteiger partial charge is 0.164 e. The molecule has 2 aliphatic rings. The molecule has 4 nitrogen and oxygen atoms in total. The Bertz CT molecular complexity index is 445. The summed E-state index contributed by atoms with van der Waals surface area (Å²) in [5.74, 6) is -0.523. The van der Waals surface area contributed by atoms with Crippen LogP contribution in [0, 0.1) is 0 Å². The Kier molecular flexibility index (Phi) is 3.82. The highest BCUT2D eigenvalue weighted by Gasteiger charge is 2.53. The molecule has 0 radical (unpaired) electrons. The molecule has 110 valence electrons. The van der Waals surface area contributed by atoms with Crippen LogP contribution in [0.5, 0.6) is 0 Å². The first-order valence-corrected chi connectivity index (χ1v) is 7.18. The number of benzene rings is 1. The lowest BCUT2D eigenvalue weighted by atomic mass is 10.1. The van der Waals surface area contributed by atoms with Crippen LogP contribution in [-0.4, -0.2) is 36.8 Å². The highest BCUT2D eigenvalue weighted by molar-refractivity contribution is 5.13. The number of hydrogen-bond acceptors (Lipinski definition) is 4. The summed E-state index contributed by atoms with van der Waals surface area (Å²) in [6, 6.07) is 10.1. The third kappa shape index (κ3) is 2.88. The van der Waals surface area contributed by atoms with Gasteiger partial charge in [-0.15, -0.1) is 0 Å². The molecular formula is C16H22O4. The number of ether oxygens (including phenoxy) is 4. The lowest BCUT2D eigenvalue weighted by Gasteiger charge is -2.23. The quantitative estimate of drug-likeness (QED) is 0.848. The topological polar surface area (TPSA) is 36.9 Å². The zero-order valence-electron chi connectivity index (χ0n) is 12.2. The van der Waals surface area contributed by atoms with Crippen molar-refractivity contribution in [2.45, 2.75) is 57.6 Å². The van der Waals surface area contributed by atoms with Crippen molar-refractivity contribution in [2.75, 3.05) is 6.61 Å². The second kappa shape index (κ2) is 5.45. The summed E-state index contributed by atoms with van der Waals surface area (Å²) in [6.07, 6.45) is -0.0290. The van der Waals surface area contributed by atoms with Gasteiger partial charge in [0.1, 0.15) is 18.3 Å². The van der Waals surface area contributed by atoms with Gasteiger partial charge in [0, 0.05) is 0 Å². The molecule has 0 unspecified atom stereocenters. The van der Waals surface area contributed by atoms with Crippen LogP contribution in [-0.2, 0) is 25.6 Å². The molecule has 2 heterocycles. The van der Waals surface area contributed by atoms with Crippen molar-refractivity contribution in [1.82, 2.24) is 0 Å². The fourth-order valence-electron chi connectivity index (χ4n) is 2.90. The molecule has 1 aromatic rings. The van der Waals surface area contributed by atoms with Gasteiger partial charge >= 0.3 is 0 Å². The third-order valence-corrected chi connectivity index (χ3v) is 3.78. The first kappa shape index (κ1) is 14.0. The summed E-state index contributed by atoms with van der Waals surface area (Å²) in [7, 11) is 0. The summed E-state index contributed by atoms with van der Waals surface area (Å²) in [5, 5.41) is 0. The van der Waals surface area contributed by atoms with Gasteiger partial charge in [0.25, 0.3) is 0 Å². The van der Waals surface area contributed by atoms with Gasteiger partial charge in [-0.1, -0.05) is 30.3 Å². The maximum Gasteiger partial charge on any atom is 0.164 e. The molecule has 2 fully saturated rings. The van der Waals surface area contributed by atoms with Crippen LogP contribution in [0.2, 0.25) is 0 Å². The zero-order valence-corrected chi connectivity index (χ0v) is 12.2. The fraction of sp³-hybridized carbons (Fsp3) is 0.625. The summed E-state index contributed by atoms with van der Waals surface area (Å²) in [6.45, 7) is 7.04. The van der Waals surface area contributed by atoms with Crippen molar-refractivity contribution >= 4 is 0 Å². The average Bonchev–Trinajstić information content (AvgIpc) is 2.87. The Morgan fingerprint density at radius 1 is 1.10 bits per heavy atom. The van der Waals surface area contributed by atoms with Crippen LogP contribution in [0.4, 0.5) is 0 Å². The Balaban J connectivity index is 1.53. The summed E-state index contributed by atoms with van der Waals surface area (Å²) in [4.78, 5) is 0. The maximum absolute atomic E-state index is 5.93. The van der Waals surface area contributed by atoms with Crippen LogP contribution in [0.3, 0.4) is 0 Å². The van der Waals surface area contributed by atoms with Gasteiger partial charge in [0.2, 0.25) is 0 Å². The SMILES string of the molecule is C[C@@H]1O[C@H](COCc2ccccc2)[C@H]2OC(C)(C)O[C@H]21. The van der Waals surface area contributed by atoms with Crippen molar-refractivity contribution in [1.29, 1.82) is 0 Å². The van der Waals surface area contributed by atoms with Gasteiger partial charge in [-0.05, 0) is 26.3 Å². The number of fused-ring (bicyclic) bond motifs is 1. The average molecular weight is 278 g/mol. The van der Waals surface area contributed by atoms with E-state index in [1.54, 1.807) is 0 Å². The molecule has 3 rings (SSSR count). The Morgan fingerprint density at radius 2 is 1.80 bits per heavy atom. The monoisotopic (exact) mass is 278 g/mol. The largest absolute Gasteiger partial charge is 0.374 e. The van der Waals surface area contributed by atoms with E-state index < -0.39 is 5.79 Å². The zero-order chi connectivity index (χ0) is 14.2. The summed E-state index contributed by atoms with van der Waals surface area (Å²) >= 11 is 0. The molecule has 0 spiro atoms. The molecule has 2 aliphatic heterocycles. The van der Waals surface area contributed by atoms with Crippen LogP contribution in [0.1, 0.15) is 26.3 Å². The summed E-state index contributed by atoms with van der Waals surface area (Å²) in [5.41, 5.74) is 1.17. The summed E-state index contributed by atoms with van der Waals surface area (Å²) < 4.78 is 23.5. The molecule has 0 aliphatic carbocycles. The van der Waals surface area contributed by atoms with E-state index in [0.717, 1.165) is 0 Å². The van der Waals surface area contributed by atoms with E-state index >= 15 is 0 Å². The van der Waals surface area contributed by atoms with Crippen LogP contribution in [0.15, 0.2) is 30.3 Å². The minimum Gasteiger partial charge on any atom is -0.374 e. The van der Waals surface area contributed by atoms with Crippen LogP contribution in [0.25, 0.3) is 0 Å². The highest BCUT2D eigenvalue weighted by atomic mass is 16.8. The van der Waals surface area contributed by atoms with E-state index in [1.807, 2.05) is 39.0 Å². The Hall–Kier alpha value is -0.940. The van der Waals surface area contributed by atoms with Gasteiger partial charge in [-0.25, -0.2) is 0 Å². The number of rotatable bonds is 4. The molecule has 0 aromatic heterocycles. The van der Waals surface area contributed by atoms with E-state index in [1.165, 1.54) is 5.56 Å². The third-order valence-electron chi connectivity index (χ3n) is 3.78. The first-order chi connectivity index (χ1) is 9.55. The van der Waals surface area contributed by atoms with Crippen LogP contribution < -0.4 is 0 Å². The van der Waals surface area contributed by atoms with Gasteiger partial charge in [0.15, 0.2) is 5.79 Å². The molecule has 0 bridgehead atoms. The molecule has 0 N–H and O–H groups in total. The van der Waals surface area contributed by atoms with E-state index in [-0.39, 0.29) is 24.4 Å². The second-order valence-electron chi connectivity index (χ2n) is 5.95. The number of hydrogen-bond donors (Lipinski definition) is 0. The first-order valence-electron chi connectivity index (χ1n) is 7.18. The Morgan fingerprint density at radius 3 is 2.55 bits per heavy atom. The normalized spacial score (nSPS) is 35.1. The van der Waals surface area contributed by atoms with E-state index in [0.29, 0.717) is 13.2 Å². The predicted molar refractivity (Wildman–Crippen MR) is 74.3 cm³/mol. The molecular weight excluding hydrogens is 256 g/mol. The van der Waals surface area contributed by atoms with Crippen molar-refractivity contribution < 1.29 is 18.9 Å². The lowest BCUT2D eigenvalue weighted by Crippen LogP contribution is -2.32. The maximum atomic E-state index is 5.93. The molecule has 4 heteroatoms. The fourth-order valence-corrected chi connectivity index (χ4v) is 2.90. The second-order valence-corrected chi connectivity index (χ2v) is 5.95. The highest BCUT2D eigenvalue weighted by Crippen LogP contribution is 2.38. The predicted octanol–water partition coefficient (Wildman–Crippen LogP) is 2.51. The van der Waals surface area contributed by atoms with Gasteiger partial charge in [0.05, 0.1) is 19.3 Å². The van der Waals surface area contributed by atoms with E-state index in [9.17, 15) is 0 Å². The minimum absolute atomic E-state index is 0.00956. The lowest BCUT2D eigenvalue weighted by molar-refractivity contribution is -0.190. The van der Waals surface area contributed by atoms with E-state index in [4.69, 9.17) is 18.9 Å². The van der Waals surface area contributed by atoms with Crippen molar-refractivity contribution in [3.05, 3.63) is 35.9 Å². The molecule has 2 saturated heterocycles. The van der Waals surface area contributed by atoms with Crippen molar-refractivity contribution in [2.24, 2.45) is 0 Å². The van der Waals surface area contributed by atoms with E-state index in [2.05, 4.69) is 12.1 Å². The minimum atomic E-state index is -0.523. The van der Waals surface area contributed by atoms with Gasteiger partial charge in [-0.3, -0.25) is 0 Å². The van der Waals surface area contributed by atoms with Crippen LogP contribution >= 0.6 is 0 Å². The van der Waals surface area contributed by atoms with Crippen molar-refractivity contribution in [3.8, 4) is 0 Å². The standard InChI is InChI=1S/C16H22O4/c1-11-14-15(20-16(2,3)19-14)13(18-11)10-17-9-12-7-5-4-6-8-12/h4-8,11,13-15H,9-10H2,1-3H3/t11-,13+,14-,15+/m0/s1. The van der Waals surface area contributed by atoms with Gasteiger partial charge in [-0.2, -0.15) is 0 Å². The van der Waals surface area contributed by atoms with Gasteiger partial charge < -0.3 is 18.9 Å². The van der Waals surface area contributed by atoms with Crippen molar-refractivity contribution in [3.63, 3.8) is 0 Å². The molecule has 20 heavy (non-hydrogen) atoms. The Labute approximate surface area is 120 Å². The molecule has 0 saturated carbocycles.